The Kier molecular flexibility index (Phi) is 4.55. The first-order chi connectivity index (χ1) is 7.50. The number of aryl methyl sites for hydroxylation is 5. The topological polar surface area (TPSA) is 38.7 Å². The number of thiazole rings is 1. The van der Waals surface area contributed by atoms with E-state index >= 15 is 0 Å². The highest BCUT2D eigenvalue weighted by Gasteiger charge is 1.92. The second-order valence-electron chi connectivity index (χ2n) is 3.68. The normalized spacial score (nSPS) is 9.56. The van der Waals surface area contributed by atoms with Crippen molar-refractivity contribution in [1.82, 2.24) is 15.0 Å². The predicted octanol–water partition coefficient (Wildman–Crippen LogP) is 3.16. The van der Waals surface area contributed by atoms with Gasteiger partial charge in [0.1, 0.15) is 5.82 Å². The highest BCUT2D eigenvalue weighted by atomic mass is 32.1. The van der Waals surface area contributed by atoms with Gasteiger partial charge in [-0.2, -0.15) is 0 Å². The summed E-state index contributed by atoms with van der Waals surface area (Å²) in [6, 6.07) is 0. The summed E-state index contributed by atoms with van der Waals surface area (Å²) >= 11 is 1.69. The molecule has 2 heterocycles. The van der Waals surface area contributed by atoms with E-state index in [1.165, 1.54) is 4.88 Å². The first-order valence-electron chi connectivity index (χ1n) is 5.14. The van der Waals surface area contributed by atoms with Crippen molar-refractivity contribution in [1.29, 1.82) is 0 Å². The third-order valence-electron chi connectivity index (χ3n) is 2.33. The molecule has 16 heavy (non-hydrogen) atoms. The molecule has 0 radical (unpaired) electrons. The first kappa shape index (κ1) is 12.8. The van der Waals surface area contributed by atoms with Crippen molar-refractivity contribution in [2.24, 2.45) is 0 Å². The molecule has 0 aliphatic heterocycles. The lowest BCUT2D eigenvalue weighted by Gasteiger charge is -1.96. The van der Waals surface area contributed by atoms with Crippen LogP contribution in [0.1, 0.15) is 27.7 Å². The van der Waals surface area contributed by atoms with Crippen molar-refractivity contribution in [2.75, 3.05) is 0 Å². The third-order valence-corrected chi connectivity index (χ3v) is 3.19. The highest BCUT2D eigenvalue weighted by molar-refractivity contribution is 7.09. The first-order valence-corrected chi connectivity index (χ1v) is 6.02. The highest BCUT2D eigenvalue weighted by Crippen LogP contribution is 2.07. The van der Waals surface area contributed by atoms with E-state index in [9.17, 15) is 0 Å². The van der Waals surface area contributed by atoms with E-state index in [0.717, 1.165) is 22.8 Å². The van der Waals surface area contributed by atoms with Gasteiger partial charge in [0.05, 0.1) is 11.2 Å². The van der Waals surface area contributed by atoms with Crippen LogP contribution in [0.3, 0.4) is 0 Å². The van der Waals surface area contributed by atoms with Crippen molar-refractivity contribution < 1.29 is 0 Å². The lowest BCUT2D eigenvalue weighted by Crippen LogP contribution is -1.92. The van der Waals surface area contributed by atoms with E-state index in [2.05, 4.69) is 21.9 Å². The van der Waals surface area contributed by atoms with E-state index in [-0.39, 0.29) is 0 Å². The number of rotatable bonds is 0. The molecule has 86 valence electrons. The van der Waals surface area contributed by atoms with Gasteiger partial charge in [-0.3, -0.25) is 0 Å². The minimum absolute atomic E-state index is 0.845. The maximum Gasteiger partial charge on any atom is 0.125 e. The predicted molar refractivity (Wildman–Crippen MR) is 67.8 cm³/mol. The Bertz CT molecular complexity index is 447. The molecule has 0 saturated heterocycles. The van der Waals surface area contributed by atoms with Crippen molar-refractivity contribution in [3.8, 4) is 0 Å². The van der Waals surface area contributed by atoms with Gasteiger partial charge in [-0.25, -0.2) is 15.0 Å². The zero-order valence-electron chi connectivity index (χ0n) is 10.4. The lowest BCUT2D eigenvalue weighted by atomic mass is 10.3. The second-order valence-corrected chi connectivity index (χ2v) is 4.74. The van der Waals surface area contributed by atoms with E-state index in [1.807, 2.05) is 39.4 Å². The average molecular weight is 235 g/mol. The molecule has 3 nitrogen and oxygen atoms in total. The van der Waals surface area contributed by atoms with Gasteiger partial charge in [-0.15, -0.1) is 11.3 Å². The summed E-state index contributed by atoms with van der Waals surface area (Å²) in [5.74, 6) is 0.845. The van der Waals surface area contributed by atoms with E-state index in [0.29, 0.717) is 0 Å². The Morgan fingerprint density at radius 1 is 0.938 bits per heavy atom. The SMILES string of the molecule is Cc1ncc(C)c(C)n1.Cc1ncsc1C. The summed E-state index contributed by atoms with van der Waals surface area (Å²) in [5, 5.41) is 0. The molecule has 2 aromatic rings. The van der Waals surface area contributed by atoms with Gasteiger partial charge >= 0.3 is 0 Å². The van der Waals surface area contributed by atoms with Gasteiger partial charge in [0.15, 0.2) is 0 Å². The summed E-state index contributed by atoms with van der Waals surface area (Å²) in [5.41, 5.74) is 5.25. The Labute approximate surface area is 101 Å². The van der Waals surface area contributed by atoms with Gasteiger partial charge in [-0.1, -0.05) is 0 Å². The van der Waals surface area contributed by atoms with Gasteiger partial charge in [0, 0.05) is 16.8 Å². The van der Waals surface area contributed by atoms with E-state index < -0.39 is 0 Å². The van der Waals surface area contributed by atoms with Gasteiger partial charge in [0.25, 0.3) is 0 Å². The van der Waals surface area contributed by atoms with Crippen LogP contribution in [0.25, 0.3) is 0 Å². The maximum atomic E-state index is 4.16. The second kappa shape index (κ2) is 5.70. The van der Waals surface area contributed by atoms with Crippen LogP contribution in [0.15, 0.2) is 11.7 Å². The number of hydrogen-bond acceptors (Lipinski definition) is 4. The third kappa shape index (κ3) is 3.70. The molecule has 0 bridgehead atoms. The lowest BCUT2D eigenvalue weighted by molar-refractivity contribution is 0.986. The van der Waals surface area contributed by atoms with Crippen LogP contribution in [-0.2, 0) is 0 Å². The molecule has 0 fully saturated rings. The van der Waals surface area contributed by atoms with Gasteiger partial charge in [-0.05, 0) is 40.2 Å². The fourth-order valence-corrected chi connectivity index (χ4v) is 1.60. The van der Waals surface area contributed by atoms with Crippen LogP contribution in [0.4, 0.5) is 0 Å². The van der Waals surface area contributed by atoms with Crippen LogP contribution < -0.4 is 0 Å². The number of aromatic nitrogens is 3. The fraction of sp³-hybridized carbons (Fsp3) is 0.417. The Morgan fingerprint density at radius 3 is 1.94 bits per heavy atom. The van der Waals surface area contributed by atoms with Crippen molar-refractivity contribution in [3.63, 3.8) is 0 Å². The molecule has 0 aliphatic carbocycles. The molecule has 0 aromatic carbocycles. The summed E-state index contributed by atoms with van der Waals surface area (Å²) in [6.07, 6.45) is 1.84. The molecule has 0 saturated carbocycles. The fourth-order valence-electron chi connectivity index (χ4n) is 1.00. The summed E-state index contributed by atoms with van der Waals surface area (Å²) in [7, 11) is 0. The molecule has 0 aliphatic rings. The van der Waals surface area contributed by atoms with Crippen LogP contribution in [0.5, 0.6) is 0 Å². The zero-order valence-corrected chi connectivity index (χ0v) is 11.2. The van der Waals surface area contributed by atoms with Crippen LogP contribution in [0.2, 0.25) is 0 Å². The molecular weight excluding hydrogens is 218 g/mol. The summed E-state index contributed by atoms with van der Waals surface area (Å²) in [4.78, 5) is 13.5. The summed E-state index contributed by atoms with van der Waals surface area (Å²) < 4.78 is 0. The molecule has 0 spiro atoms. The molecule has 2 aromatic heterocycles. The van der Waals surface area contributed by atoms with Gasteiger partial charge < -0.3 is 0 Å². The number of nitrogens with zero attached hydrogens (tertiary/aromatic N) is 3. The maximum absolute atomic E-state index is 4.16. The molecule has 2 rings (SSSR count). The van der Waals surface area contributed by atoms with Crippen molar-refractivity contribution in [3.05, 3.63) is 39.4 Å². The van der Waals surface area contributed by atoms with Gasteiger partial charge in [0.2, 0.25) is 0 Å². The van der Waals surface area contributed by atoms with E-state index in [4.69, 9.17) is 0 Å². The minimum atomic E-state index is 0.845. The average Bonchev–Trinajstić information content (AvgIpc) is 2.59. The van der Waals surface area contributed by atoms with Crippen LogP contribution >= 0.6 is 11.3 Å². The zero-order chi connectivity index (χ0) is 12.1. The summed E-state index contributed by atoms with van der Waals surface area (Å²) in [6.45, 7) is 9.99. The Balaban J connectivity index is 0.000000165. The van der Waals surface area contributed by atoms with Crippen LogP contribution in [0, 0.1) is 34.6 Å². The molecule has 0 unspecified atom stereocenters. The van der Waals surface area contributed by atoms with E-state index in [1.54, 1.807) is 11.3 Å². The number of hydrogen-bond donors (Lipinski definition) is 0. The Hall–Kier alpha value is -1.29. The molecule has 0 atom stereocenters. The largest absolute Gasteiger partial charge is 0.250 e. The Morgan fingerprint density at radius 2 is 1.62 bits per heavy atom. The molecular formula is C12H17N3S. The van der Waals surface area contributed by atoms with Crippen LogP contribution in [-0.4, -0.2) is 15.0 Å². The quantitative estimate of drug-likeness (QED) is 0.704. The minimum Gasteiger partial charge on any atom is -0.250 e. The van der Waals surface area contributed by atoms with Crippen molar-refractivity contribution >= 4 is 11.3 Å². The van der Waals surface area contributed by atoms with Crippen molar-refractivity contribution in [2.45, 2.75) is 34.6 Å². The smallest absolute Gasteiger partial charge is 0.125 e. The standard InChI is InChI=1S/C7H10N2.C5H7NS/c1-5-4-8-7(3)9-6(5)2;1-4-5(2)7-3-6-4/h4H,1-3H3;3H,1-2H3. The monoisotopic (exact) mass is 235 g/mol. The molecule has 0 N–H and O–H groups in total. The molecule has 4 heteroatoms. The molecule has 0 amide bonds.